The smallest absolute Gasteiger partial charge is 0.303 e. The maximum absolute atomic E-state index is 12.1. The van der Waals surface area contributed by atoms with Gasteiger partial charge in [0, 0.05) is 20.8 Å². The Morgan fingerprint density at radius 2 is 1.51 bits per heavy atom. The van der Waals surface area contributed by atoms with Crippen LogP contribution in [0.3, 0.4) is 0 Å². The number of hydrogen-bond acceptors (Lipinski definition) is 12. The van der Waals surface area contributed by atoms with Crippen LogP contribution in [0.5, 0.6) is 0 Å². The van der Waals surface area contributed by atoms with Gasteiger partial charge in [-0.25, -0.2) is 4.68 Å². The third-order valence-electron chi connectivity index (χ3n) is 4.88. The number of carbonyl (C=O) groups excluding carboxylic acids is 3. The predicted octanol–water partition coefficient (Wildman–Crippen LogP) is 2.28. The van der Waals surface area contributed by atoms with E-state index in [9.17, 15) is 14.4 Å². The summed E-state index contributed by atoms with van der Waals surface area (Å²) in [5.74, 6) is -3.24. The summed E-state index contributed by atoms with van der Waals surface area (Å²) in [4.78, 5) is 36.0. The molecule has 0 unspecified atom stereocenters. The highest BCUT2D eigenvalue weighted by molar-refractivity contribution is 6.76. The van der Waals surface area contributed by atoms with Gasteiger partial charge >= 0.3 is 17.9 Å². The van der Waals surface area contributed by atoms with E-state index < -0.39 is 58.3 Å². The molecule has 37 heavy (non-hydrogen) atoms. The Balaban J connectivity index is 2.09. The zero-order chi connectivity index (χ0) is 27.3. The molecule has 3 rings (SSSR count). The van der Waals surface area contributed by atoms with Crippen LogP contribution in [0, 0.1) is 5.41 Å². The number of aromatic nitrogens is 4. The predicted molar refractivity (Wildman–Crippen MR) is 127 cm³/mol. The molecule has 0 radical (unpaired) electrons. The van der Waals surface area contributed by atoms with E-state index in [4.69, 9.17) is 63.9 Å². The van der Waals surface area contributed by atoms with Crippen LogP contribution in [0.25, 0.3) is 0 Å². The minimum atomic E-state index is -2.31. The Morgan fingerprint density at radius 1 is 0.946 bits per heavy atom. The molecule has 0 spiro atoms. The lowest BCUT2D eigenvalue weighted by Gasteiger charge is -2.43. The van der Waals surface area contributed by atoms with Crippen LogP contribution in [0.1, 0.15) is 38.3 Å². The third kappa shape index (κ3) is 7.51. The maximum Gasteiger partial charge on any atom is 0.303 e. The summed E-state index contributed by atoms with van der Waals surface area (Å²) < 4.78 is 26.6. The number of nitrogens with one attached hydrogen (secondary N) is 1. The Morgan fingerprint density at radius 3 is 2.08 bits per heavy atom. The van der Waals surface area contributed by atoms with E-state index in [0.29, 0.717) is 0 Å². The van der Waals surface area contributed by atoms with Crippen molar-refractivity contribution in [3.05, 3.63) is 41.7 Å². The first-order valence-electron chi connectivity index (χ1n) is 10.7. The Labute approximate surface area is 225 Å². The second-order valence-corrected chi connectivity index (χ2v) is 10.1. The van der Waals surface area contributed by atoms with Crippen molar-refractivity contribution in [1.82, 2.24) is 20.2 Å². The number of rotatable bonds is 7. The number of hydrogen-bond donors (Lipinski definition) is 1. The number of alkyl halides is 3. The standard InChI is InChI=1S/C21H22Cl3N5O8/c1-10(30)33-14-15(34-11(2)31)17(35-12(3)32)19(37-20(25)21(22,23)24)36-16(14)18-26-27-28-29(18)9-13-7-5-4-6-8-13/h4-8,14-17,19,25H,9H2,1-3H3/t14-,15-,16-,17+,19+/m0/s1. The Bertz CT molecular complexity index is 1140. The lowest BCUT2D eigenvalue weighted by molar-refractivity contribution is -0.291. The van der Waals surface area contributed by atoms with Crippen molar-refractivity contribution in [3.63, 3.8) is 0 Å². The van der Waals surface area contributed by atoms with E-state index >= 15 is 0 Å². The van der Waals surface area contributed by atoms with E-state index in [-0.39, 0.29) is 12.4 Å². The highest BCUT2D eigenvalue weighted by Gasteiger charge is 2.55. The van der Waals surface area contributed by atoms with Gasteiger partial charge in [0.15, 0.2) is 24.1 Å². The quantitative estimate of drug-likeness (QED) is 0.168. The molecule has 2 aromatic rings. The van der Waals surface area contributed by atoms with E-state index in [0.717, 1.165) is 26.3 Å². The van der Waals surface area contributed by atoms with Crippen LogP contribution in [0.4, 0.5) is 0 Å². The largest absolute Gasteiger partial charge is 0.455 e. The van der Waals surface area contributed by atoms with Crippen LogP contribution >= 0.6 is 34.8 Å². The number of benzene rings is 1. The highest BCUT2D eigenvalue weighted by atomic mass is 35.6. The lowest BCUT2D eigenvalue weighted by Crippen LogP contribution is -2.60. The van der Waals surface area contributed by atoms with E-state index in [1.165, 1.54) is 4.68 Å². The van der Waals surface area contributed by atoms with Crippen molar-refractivity contribution in [2.45, 2.75) is 61.8 Å². The molecule has 1 aromatic carbocycles. The number of carbonyl (C=O) groups is 3. The van der Waals surface area contributed by atoms with Crippen LogP contribution in [-0.4, -0.2) is 72.4 Å². The molecule has 16 heteroatoms. The fraction of sp³-hybridized carbons (Fsp3) is 0.476. The average molecular weight is 579 g/mol. The molecule has 2 heterocycles. The molecule has 200 valence electrons. The first-order valence-corrected chi connectivity index (χ1v) is 11.8. The molecule has 1 aliphatic rings. The molecule has 1 N–H and O–H groups in total. The van der Waals surface area contributed by atoms with Gasteiger partial charge in [-0.15, -0.1) is 5.10 Å². The Hall–Kier alpha value is -3.00. The van der Waals surface area contributed by atoms with Crippen LogP contribution < -0.4 is 0 Å². The fourth-order valence-corrected chi connectivity index (χ4v) is 3.68. The first kappa shape index (κ1) is 28.6. The molecule has 1 saturated heterocycles. The number of nitrogens with zero attached hydrogens (tertiary/aromatic N) is 4. The molecular weight excluding hydrogens is 557 g/mol. The van der Waals surface area contributed by atoms with Crippen molar-refractivity contribution in [3.8, 4) is 0 Å². The molecule has 1 fully saturated rings. The van der Waals surface area contributed by atoms with Crippen molar-refractivity contribution in [1.29, 1.82) is 5.41 Å². The summed E-state index contributed by atoms with van der Waals surface area (Å²) in [6, 6.07) is 9.16. The van der Waals surface area contributed by atoms with Gasteiger partial charge in [0.05, 0.1) is 6.54 Å². The van der Waals surface area contributed by atoms with Gasteiger partial charge in [-0.05, 0) is 16.0 Å². The summed E-state index contributed by atoms with van der Waals surface area (Å²) in [5, 5.41) is 19.6. The summed E-state index contributed by atoms with van der Waals surface area (Å²) in [5.41, 5.74) is 0.830. The molecule has 1 aromatic heterocycles. The third-order valence-corrected chi connectivity index (χ3v) is 5.40. The zero-order valence-electron chi connectivity index (χ0n) is 19.7. The second-order valence-electron chi connectivity index (χ2n) is 7.77. The summed E-state index contributed by atoms with van der Waals surface area (Å²) >= 11 is 17.3. The lowest BCUT2D eigenvalue weighted by atomic mass is 9.97. The van der Waals surface area contributed by atoms with Gasteiger partial charge in [-0.1, -0.05) is 65.1 Å². The average Bonchev–Trinajstić information content (AvgIpc) is 3.24. The molecule has 0 aliphatic carbocycles. The molecule has 1 aliphatic heterocycles. The van der Waals surface area contributed by atoms with E-state index in [1.807, 2.05) is 30.3 Å². The maximum atomic E-state index is 12.1. The molecule has 0 amide bonds. The van der Waals surface area contributed by atoms with Gasteiger partial charge < -0.3 is 23.7 Å². The zero-order valence-corrected chi connectivity index (χ0v) is 21.9. The van der Waals surface area contributed by atoms with Gasteiger partial charge in [0.2, 0.25) is 18.3 Å². The van der Waals surface area contributed by atoms with Crippen molar-refractivity contribution in [2.24, 2.45) is 0 Å². The SMILES string of the molecule is CC(=O)O[C@@H]1[C@@H](OC(C)=O)[C@@H](OC(=N)C(Cl)(Cl)Cl)O[C@H](c2nnnn2Cc2ccccc2)[C@H]1OC(C)=O. The fourth-order valence-electron chi connectivity index (χ4n) is 3.54. The summed E-state index contributed by atoms with van der Waals surface area (Å²) in [7, 11) is 0. The highest BCUT2D eigenvalue weighted by Crippen LogP contribution is 2.38. The van der Waals surface area contributed by atoms with Gasteiger partial charge in [0.1, 0.15) is 0 Å². The molecular formula is C21H22Cl3N5O8. The molecule has 5 atom stereocenters. The first-order chi connectivity index (χ1) is 17.4. The second kappa shape index (κ2) is 12.0. The van der Waals surface area contributed by atoms with Crippen LogP contribution in [0.2, 0.25) is 0 Å². The van der Waals surface area contributed by atoms with Gasteiger partial charge in [-0.2, -0.15) is 0 Å². The van der Waals surface area contributed by atoms with Gasteiger partial charge in [0.25, 0.3) is 3.79 Å². The topological polar surface area (TPSA) is 165 Å². The number of halogens is 3. The van der Waals surface area contributed by atoms with E-state index in [1.54, 1.807) is 0 Å². The number of esters is 3. The molecule has 0 bridgehead atoms. The summed E-state index contributed by atoms with van der Waals surface area (Å²) in [6.07, 6.45) is -7.46. The van der Waals surface area contributed by atoms with Crippen molar-refractivity contribution < 1.29 is 38.1 Å². The minimum absolute atomic E-state index is 0.0440. The monoisotopic (exact) mass is 577 g/mol. The normalized spacial score (nSPS) is 23.6. The van der Waals surface area contributed by atoms with Crippen LogP contribution in [-0.2, 0) is 44.6 Å². The summed E-state index contributed by atoms with van der Waals surface area (Å²) in [6.45, 7) is 3.49. The minimum Gasteiger partial charge on any atom is -0.455 e. The van der Waals surface area contributed by atoms with Crippen LogP contribution in [0.15, 0.2) is 30.3 Å². The number of tetrazole rings is 1. The van der Waals surface area contributed by atoms with E-state index in [2.05, 4.69) is 15.5 Å². The van der Waals surface area contributed by atoms with Crippen molar-refractivity contribution in [2.75, 3.05) is 0 Å². The number of ether oxygens (including phenoxy) is 5. The van der Waals surface area contributed by atoms with Gasteiger partial charge in [-0.3, -0.25) is 19.8 Å². The molecule has 13 nitrogen and oxygen atoms in total. The molecule has 0 saturated carbocycles. The van der Waals surface area contributed by atoms with Crippen molar-refractivity contribution >= 4 is 58.6 Å². The Kier molecular flexibility index (Phi) is 9.29.